The van der Waals surface area contributed by atoms with Crippen LogP contribution in [0.5, 0.6) is 0 Å². The van der Waals surface area contributed by atoms with E-state index < -0.39 is 6.29 Å². The normalized spacial score (nSPS) is 37.0. The highest BCUT2D eigenvalue weighted by molar-refractivity contribution is 4.87. The van der Waals surface area contributed by atoms with Gasteiger partial charge in [0.2, 0.25) is 0 Å². The maximum absolute atomic E-state index is 8.74. The Balaban J connectivity index is 2.27. The summed E-state index contributed by atoms with van der Waals surface area (Å²) in [6.45, 7) is 4.03. The SMILES string of the molecule is CC(C)C(N)C1OC1O. The van der Waals surface area contributed by atoms with E-state index in [-0.39, 0.29) is 12.1 Å². The molecule has 3 atom stereocenters. The van der Waals surface area contributed by atoms with Gasteiger partial charge in [0, 0.05) is 6.04 Å². The first-order chi connectivity index (χ1) is 4.13. The van der Waals surface area contributed by atoms with Crippen LogP contribution in [0.4, 0.5) is 0 Å². The Morgan fingerprint density at radius 2 is 2.00 bits per heavy atom. The van der Waals surface area contributed by atoms with Crippen molar-refractivity contribution in [2.75, 3.05) is 0 Å². The van der Waals surface area contributed by atoms with Crippen molar-refractivity contribution in [3.63, 3.8) is 0 Å². The molecular formula is C6H13NO2. The number of aliphatic hydroxyl groups is 1. The van der Waals surface area contributed by atoms with E-state index in [0.29, 0.717) is 5.92 Å². The predicted octanol–water partition coefficient (Wildman–Crippen LogP) is -0.313. The van der Waals surface area contributed by atoms with Crippen molar-refractivity contribution in [1.82, 2.24) is 0 Å². The van der Waals surface area contributed by atoms with Gasteiger partial charge >= 0.3 is 0 Å². The van der Waals surface area contributed by atoms with Crippen molar-refractivity contribution >= 4 is 0 Å². The average molecular weight is 131 g/mol. The second-order valence-electron chi connectivity index (χ2n) is 2.81. The van der Waals surface area contributed by atoms with E-state index >= 15 is 0 Å². The van der Waals surface area contributed by atoms with Crippen LogP contribution >= 0.6 is 0 Å². The minimum atomic E-state index is -0.595. The van der Waals surface area contributed by atoms with Crippen LogP contribution in [0.2, 0.25) is 0 Å². The molecule has 1 rings (SSSR count). The van der Waals surface area contributed by atoms with E-state index in [1.165, 1.54) is 0 Å². The highest BCUT2D eigenvalue weighted by Gasteiger charge is 2.42. The number of hydrogen-bond donors (Lipinski definition) is 2. The van der Waals surface area contributed by atoms with Gasteiger partial charge in [0.05, 0.1) is 0 Å². The van der Waals surface area contributed by atoms with E-state index in [4.69, 9.17) is 15.6 Å². The molecule has 1 aliphatic heterocycles. The average Bonchev–Trinajstić information content (AvgIpc) is 2.44. The molecule has 0 aromatic heterocycles. The number of epoxide rings is 1. The fourth-order valence-corrected chi connectivity index (χ4v) is 0.776. The maximum Gasteiger partial charge on any atom is 0.183 e. The summed E-state index contributed by atoms with van der Waals surface area (Å²) in [6, 6.07) is -0.0139. The van der Waals surface area contributed by atoms with Gasteiger partial charge in [-0.15, -0.1) is 0 Å². The standard InChI is InChI=1S/C6H13NO2/c1-3(2)4(7)5-6(8)9-5/h3-6,8H,7H2,1-2H3. The summed E-state index contributed by atoms with van der Waals surface area (Å²) in [5.41, 5.74) is 5.63. The van der Waals surface area contributed by atoms with Gasteiger partial charge in [0.15, 0.2) is 6.29 Å². The Hall–Kier alpha value is -0.120. The van der Waals surface area contributed by atoms with Gasteiger partial charge in [0.25, 0.3) is 0 Å². The van der Waals surface area contributed by atoms with Crippen molar-refractivity contribution < 1.29 is 9.84 Å². The zero-order valence-electron chi connectivity index (χ0n) is 5.74. The van der Waals surface area contributed by atoms with Gasteiger partial charge in [-0.1, -0.05) is 13.8 Å². The van der Waals surface area contributed by atoms with Crippen LogP contribution in [-0.4, -0.2) is 23.5 Å². The molecule has 9 heavy (non-hydrogen) atoms. The molecule has 54 valence electrons. The number of rotatable bonds is 2. The summed E-state index contributed by atoms with van der Waals surface area (Å²) in [5, 5.41) is 8.74. The second-order valence-corrected chi connectivity index (χ2v) is 2.81. The minimum Gasteiger partial charge on any atom is -0.366 e. The van der Waals surface area contributed by atoms with Crippen LogP contribution in [0.3, 0.4) is 0 Å². The van der Waals surface area contributed by atoms with Gasteiger partial charge in [-0.3, -0.25) is 0 Å². The van der Waals surface area contributed by atoms with Crippen LogP contribution in [0, 0.1) is 5.92 Å². The Morgan fingerprint density at radius 1 is 1.56 bits per heavy atom. The third-order valence-electron chi connectivity index (χ3n) is 1.65. The number of ether oxygens (including phenoxy) is 1. The maximum atomic E-state index is 8.74. The molecule has 0 aromatic rings. The fourth-order valence-electron chi connectivity index (χ4n) is 0.776. The van der Waals surface area contributed by atoms with E-state index in [1.807, 2.05) is 13.8 Å². The van der Waals surface area contributed by atoms with Crippen molar-refractivity contribution in [2.24, 2.45) is 11.7 Å². The first-order valence-corrected chi connectivity index (χ1v) is 3.22. The Bertz CT molecular complexity index is 105. The smallest absolute Gasteiger partial charge is 0.183 e. The lowest BCUT2D eigenvalue weighted by molar-refractivity contribution is 0.155. The molecule has 3 N–H and O–H groups in total. The molecule has 1 aliphatic rings. The monoisotopic (exact) mass is 131 g/mol. The third-order valence-corrected chi connectivity index (χ3v) is 1.65. The summed E-state index contributed by atoms with van der Waals surface area (Å²) >= 11 is 0. The molecule has 0 saturated carbocycles. The topological polar surface area (TPSA) is 58.8 Å². The molecule has 0 bridgehead atoms. The van der Waals surface area contributed by atoms with Crippen LogP contribution in [0.1, 0.15) is 13.8 Å². The molecule has 0 aromatic carbocycles. The van der Waals surface area contributed by atoms with Crippen LogP contribution < -0.4 is 5.73 Å². The summed E-state index contributed by atoms with van der Waals surface area (Å²) in [7, 11) is 0. The van der Waals surface area contributed by atoms with Gasteiger partial charge in [-0.05, 0) is 5.92 Å². The molecule has 1 saturated heterocycles. The highest BCUT2D eigenvalue weighted by Crippen LogP contribution is 2.24. The Labute approximate surface area is 54.8 Å². The van der Waals surface area contributed by atoms with Gasteiger partial charge in [-0.2, -0.15) is 0 Å². The van der Waals surface area contributed by atoms with E-state index in [0.717, 1.165) is 0 Å². The Kier molecular flexibility index (Phi) is 1.75. The molecule has 1 fully saturated rings. The first-order valence-electron chi connectivity index (χ1n) is 3.22. The Morgan fingerprint density at radius 3 is 2.11 bits per heavy atom. The zero-order valence-corrected chi connectivity index (χ0v) is 5.74. The number of nitrogens with two attached hydrogens (primary N) is 1. The molecule has 0 amide bonds. The second kappa shape index (κ2) is 2.25. The molecular weight excluding hydrogens is 118 g/mol. The summed E-state index contributed by atoms with van der Waals surface area (Å²) < 4.78 is 4.77. The van der Waals surface area contributed by atoms with Crippen LogP contribution in [0.15, 0.2) is 0 Å². The molecule has 3 heteroatoms. The van der Waals surface area contributed by atoms with E-state index in [1.54, 1.807) is 0 Å². The summed E-state index contributed by atoms with van der Waals surface area (Å²) in [6.07, 6.45) is -0.701. The fraction of sp³-hybridized carbons (Fsp3) is 1.00. The lowest BCUT2D eigenvalue weighted by atomic mass is 10.0. The lowest BCUT2D eigenvalue weighted by Gasteiger charge is -2.10. The summed E-state index contributed by atoms with van der Waals surface area (Å²) in [5.74, 6) is 0.382. The molecule has 3 nitrogen and oxygen atoms in total. The predicted molar refractivity (Wildman–Crippen MR) is 33.7 cm³/mol. The molecule has 0 spiro atoms. The first kappa shape index (κ1) is 6.99. The number of hydrogen-bond acceptors (Lipinski definition) is 3. The number of aliphatic hydroxyl groups excluding tert-OH is 1. The molecule has 0 aliphatic carbocycles. The third kappa shape index (κ3) is 1.41. The van der Waals surface area contributed by atoms with Gasteiger partial charge < -0.3 is 15.6 Å². The van der Waals surface area contributed by atoms with Crippen molar-refractivity contribution in [2.45, 2.75) is 32.3 Å². The quantitative estimate of drug-likeness (QED) is 0.505. The summed E-state index contributed by atoms with van der Waals surface area (Å²) in [4.78, 5) is 0. The lowest BCUT2D eigenvalue weighted by Crippen LogP contribution is -2.33. The minimum absolute atomic E-state index is 0.0139. The molecule has 3 unspecified atom stereocenters. The van der Waals surface area contributed by atoms with Crippen molar-refractivity contribution in [3.8, 4) is 0 Å². The van der Waals surface area contributed by atoms with Gasteiger partial charge in [0.1, 0.15) is 6.10 Å². The zero-order chi connectivity index (χ0) is 7.02. The molecule has 1 heterocycles. The van der Waals surface area contributed by atoms with E-state index in [9.17, 15) is 0 Å². The van der Waals surface area contributed by atoms with Crippen molar-refractivity contribution in [3.05, 3.63) is 0 Å². The molecule has 0 radical (unpaired) electrons. The van der Waals surface area contributed by atoms with Crippen LogP contribution in [0.25, 0.3) is 0 Å². The van der Waals surface area contributed by atoms with Crippen LogP contribution in [-0.2, 0) is 4.74 Å². The van der Waals surface area contributed by atoms with E-state index in [2.05, 4.69) is 0 Å². The van der Waals surface area contributed by atoms with Crippen molar-refractivity contribution in [1.29, 1.82) is 0 Å². The highest BCUT2D eigenvalue weighted by atomic mass is 16.7. The largest absolute Gasteiger partial charge is 0.366 e. The van der Waals surface area contributed by atoms with Gasteiger partial charge in [-0.25, -0.2) is 0 Å².